The van der Waals surface area contributed by atoms with Crippen LogP contribution in [-0.2, 0) is 6.42 Å². The van der Waals surface area contributed by atoms with Crippen molar-refractivity contribution in [2.45, 2.75) is 68.7 Å². The summed E-state index contributed by atoms with van der Waals surface area (Å²) in [5.41, 5.74) is 14.0. The second-order valence-electron chi connectivity index (χ2n) is 10.9. The first kappa shape index (κ1) is 31.6. The van der Waals surface area contributed by atoms with Crippen LogP contribution in [0.5, 0.6) is 11.5 Å². The van der Waals surface area contributed by atoms with Crippen molar-refractivity contribution in [3.63, 3.8) is 0 Å². The van der Waals surface area contributed by atoms with Gasteiger partial charge in [0.25, 0.3) is 0 Å². The highest BCUT2D eigenvalue weighted by Gasteiger charge is 2.21. The number of rotatable bonds is 4. The van der Waals surface area contributed by atoms with E-state index in [0.717, 1.165) is 33.9 Å². The van der Waals surface area contributed by atoms with Crippen LogP contribution < -0.4 is 15.2 Å². The smallest absolute Gasteiger partial charge is 0.135 e. The first-order valence-electron chi connectivity index (χ1n) is 15.7. The van der Waals surface area contributed by atoms with Gasteiger partial charge in [0, 0.05) is 16.4 Å². The van der Waals surface area contributed by atoms with Gasteiger partial charge in [-0.05, 0) is 121 Å². The lowest BCUT2D eigenvalue weighted by atomic mass is 9.88. The van der Waals surface area contributed by atoms with Gasteiger partial charge in [-0.3, -0.25) is 0 Å². The topological polar surface area (TPSA) is 9.23 Å². The summed E-state index contributed by atoms with van der Waals surface area (Å²) in [7, 11) is 0. The van der Waals surface area contributed by atoms with Crippen LogP contribution in [0.4, 0.5) is 0 Å². The van der Waals surface area contributed by atoms with E-state index in [2.05, 4.69) is 138 Å². The van der Waals surface area contributed by atoms with Gasteiger partial charge < -0.3 is 4.74 Å². The lowest BCUT2D eigenvalue weighted by Crippen LogP contribution is -2.20. The molecule has 0 unspecified atom stereocenters. The monoisotopic (exact) mass is 566 g/mol. The fourth-order valence-electron chi connectivity index (χ4n) is 5.85. The van der Waals surface area contributed by atoms with Crippen molar-refractivity contribution in [1.29, 1.82) is 0 Å². The zero-order valence-corrected chi connectivity index (χ0v) is 27.4. The highest BCUT2D eigenvalue weighted by molar-refractivity contribution is 5.86. The molecule has 0 bridgehead atoms. The zero-order chi connectivity index (χ0) is 31.1. The summed E-state index contributed by atoms with van der Waals surface area (Å²) >= 11 is 0. The van der Waals surface area contributed by atoms with Crippen LogP contribution in [0.1, 0.15) is 83.3 Å². The van der Waals surface area contributed by atoms with Gasteiger partial charge in [-0.1, -0.05) is 107 Å². The molecule has 0 saturated carbocycles. The van der Waals surface area contributed by atoms with Crippen molar-refractivity contribution in [1.82, 2.24) is 0 Å². The molecule has 1 aliphatic heterocycles. The molecule has 0 N–H and O–H groups in total. The Morgan fingerprint density at radius 1 is 0.535 bits per heavy atom. The van der Waals surface area contributed by atoms with E-state index in [1.54, 1.807) is 0 Å². The fraction of sp³-hybridized carbons (Fsp3) is 0.238. The summed E-state index contributed by atoms with van der Waals surface area (Å²) in [6.45, 7) is 18.9. The maximum Gasteiger partial charge on any atom is 0.135 e. The molecule has 0 amide bonds. The number of benzene rings is 5. The maximum absolute atomic E-state index is 6.71. The highest BCUT2D eigenvalue weighted by Crippen LogP contribution is 2.38. The van der Waals surface area contributed by atoms with Crippen LogP contribution in [0.2, 0.25) is 0 Å². The number of fused-ring (bicyclic) bond motifs is 2. The second kappa shape index (κ2) is 14.2. The Hall–Kier alpha value is -4.36. The van der Waals surface area contributed by atoms with Crippen LogP contribution in [0.3, 0.4) is 0 Å². The molecule has 1 heterocycles. The molecule has 1 nitrogen and oxygen atoms in total. The maximum atomic E-state index is 6.71. The number of aryl methyl sites for hydroxylation is 5. The van der Waals surface area contributed by atoms with Crippen molar-refractivity contribution >= 4 is 11.6 Å². The molecule has 0 atom stereocenters. The molecular formula is C42H46O. The second-order valence-corrected chi connectivity index (χ2v) is 10.9. The van der Waals surface area contributed by atoms with Gasteiger partial charge in [-0.2, -0.15) is 0 Å². The average Bonchev–Trinajstić information content (AvgIpc) is 3.02. The molecule has 6 rings (SSSR count). The molecule has 0 spiro atoms. The molecule has 0 fully saturated rings. The standard InChI is InChI=1S/C38H34O.2C2H6/c1-24-10-6-7-15-31(24)38-32-18-16-29(20-34-25(2)11-8-12-26(34)3)22-36(32)39-37-23-30(17-19-33(37)38)21-35-27(4)13-9-14-28(35)5;2*1-2/h6-20,22-23H,21H2,1-5H3;2*1-2H3/b29-20+;;. The third-order valence-corrected chi connectivity index (χ3v) is 8.10. The Kier molecular flexibility index (Phi) is 10.4. The lowest BCUT2D eigenvalue weighted by molar-refractivity contribution is 0.471. The summed E-state index contributed by atoms with van der Waals surface area (Å²) in [5.74, 6) is 1.83. The van der Waals surface area contributed by atoms with Gasteiger partial charge in [-0.25, -0.2) is 0 Å². The molecule has 0 aliphatic carbocycles. The van der Waals surface area contributed by atoms with Crippen LogP contribution in [-0.4, -0.2) is 0 Å². The minimum atomic E-state index is 0.891. The molecule has 0 aromatic heterocycles. The third-order valence-electron chi connectivity index (χ3n) is 8.10. The van der Waals surface area contributed by atoms with E-state index in [0.29, 0.717) is 0 Å². The Morgan fingerprint density at radius 3 is 1.79 bits per heavy atom. The summed E-state index contributed by atoms with van der Waals surface area (Å²) in [6.07, 6.45) is 3.16. The summed E-state index contributed by atoms with van der Waals surface area (Å²) in [5, 5.41) is 2.28. The van der Waals surface area contributed by atoms with Gasteiger partial charge >= 0.3 is 0 Å². The van der Waals surface area contributed by atoms with Crippen molar-refractivity contribution < 1.29 is 4.74 Å². The normalized spacial score (nSPS) is 11.7. The van der Waals surface area contributed by atoms with Crippen LogP contribution in [0, 0.1) is 34.6 Å². The van der Waals surface area contributed by atoms with Gasteiger partial charge in [-0.15, -0.1) is 0 Å². The van der Waals surface area contributed by atoms with Crippen LogP contribution >= 0.6 is 0 Å². The lowest BCUT2D eigenvalue weighted by Gasteiger charge is -2.23. The molecular weight excluding hydrogens is 520 g/mol. The van der Waals surface area contributed by atoms with Crippen LogP contribution in [0.15, 0.2) is 97.1 Å². The predicted octanol–water partition coefficient (Wildman–Crippen LogP) is 10.1. The molecule has 5 aromatic carbocycles. The van der Waals surface area contributed by atoms with E-state index in [9.17, 15) is 0 Å². The number of ether oxygens (including phenoxy) is 1. The van der Waals surface area contributed by atoms with Gasteiger partial charge in [0.1, 0.15) is 11.5 Å². The number of hydrogen-bond donors (Lipinski definition) is 0. The Labute approximate surface area is 259 Å². The summed E-state index contributed by atoms with van der Waals surface area (Å²) in [4.78, 5) is 0. The molecule has 1 heteroatoms. The third kappa shape index (κ3) is 6.67. The summed E-state index contributed by atoms with van der Waals surface area (Å²) < 4.78 is 6.71. The number of hydrogen-bond acceptors (Lipinski definition) is 1. The average molecular weight is 567 g/mol. The zero-order valence-electron chi connectivity index (χ0n) is 27.4. The van der Waals surface area contributed by atoms with Gasteiger partial charge in [0.05, 0.1) is 0 Å². The molecule has 0 saturated heterocycles. The van der Waals surface area contributed by atoms with E-state index in [-0.39, 0.29) is 0 Å². The molecule has 1 aliphatic rings. The molecule has 220 valence electrons. The minimum absolute atomic E-state index is 0.891. The van der Waals surface area contributed by atoms with E-state index >= 15 is 0 Å². The Morgan fingerprint density at radius 2 is 1.14 bits per heavy atom. The van der Waals surface area contributed by atoms with Crippen molar-refractivity contribution in [3.05, 3.63) is 163 Å². The Bertz CT molecular complexity index is 1810. The van der Waals surface area contributed by atoms with E-state index in [1.165, 1.54) is 55.6 Å². The molecule has 0 radical (unpaired) electrons. The van der Waals surface area contributed by atoms with E-state index in [1.807, 2.05) is 27.7 Å². The highest BCUT2D eigenvalue weighted by atomic mass is 16.5. The SMILES string of the molecule is CC.CC.Cc1ccccc1C1=c2cc/c(=C\c3c(C)cccc3C)cc2Oc2cc(Cc3c(C)cccc3C)ccc21. The van der Waals surface area contributed by atoms with E-state index < -0.39 is 0 Å². The predicted molar refractivity (Wildman–Crippen MR) is 186 cm³/mol. The first-order chi connectivity index (χ1) is 20.9. The van der Waals surface area contributed by atoms with E-state index in [4.69, 9.17) is 4.74 Å². The minimum Gasteiger partial charge on any atom is -0.456 e. The molecule has 5 aromatic rings. The first-order valence-corrected chi connectivity index (χ1v) is 15.7. The van der Waals surface area contributed by atoms with Gasteiger partial charge in [0.2, 0.25) is 0 Å². The van der Waals surface area contributed by atoms with Crippen LogP contribution in [0.25, 0.3) is 11.6 Å². The van der Waals surface area contributed by atoms with Crippen molar-refractivity contribution in [2.75, 3.05) is 0 Å². The quantitative estimate of drug-likeness (QED) is 0.206. The summed E-state index contributed by atoms with van der Waals surface area (Å²) in [6, 6.07) is 35.0. The fourth-order valence-corrected chi connectivity index (χ4v) is 5.85. The Balaban J connectivity index is 0.00000102. The van der Waals surface area contributed by atoms with Crippen molar-refractivity contribution in [2.24, 2.45) is 0 Å². The largest absolute Gasteiger partial charge is 0.456 e. The molecule has 43 heavy (non-hydrogen) atoms. The van der Waals surface area contributed by atoms with Gasteiger partial charge in [0.15, 0.2) is 0 Å². The van der Waals surface area contributed by atoms with Crippen molar-refractivity contribution in [3.8, 4) is 11.5 Å².